The van der Waals surface area contributed by atoms with Crippen LogP contribution in [0.2, 0.25) is 0 Å². The van der Waals surface area contributed by atoms with Gasteiger partial charge in [-0.15, -0.1) is 21.5 Å². The van der Waals surface area contributed by atoms with Crippen LogP contribution in [0.5, 0.6) is 0 Å². The second-order valence-electron chi connectivity index (χ2n) is 4.40. The lowest BCUT2D eigenvalue weighted by molar-refractivity contribution is -0.131. The molecule has 19 heavy (non-hydrogen) atoms. The highest BCUT2D eigenvalue weighted by atomic mass is 32.1. The molecule has 1 saturated heterocycles. The maximum absolute atomic E-state index is 11.9. The topological polar surface area (TPSA) is 84.1 Å². The minimum Gasteiger partial charge on any atom is -0.391 e. The van der Waals surface area contributed by atoms with Gasteiger partial charge in [0.15, 0.2) is 0 Å². The Morgan fingerprint density at radius 2 is 2.47 bits per heavy atom. The first-order chi connectivity index (χ1) is 9.22. The van der Waals surface area contributed by atoms with E-state index in [4.69, 9.17) is 0 Å². The fraction of sp³-hybridized carbons (Fsp3) is 0.455. The van der Waals surface area contributed by atoms with Gasteiger partial charge in [0, 0.05) is 13.1 Å². The maximum Gasteiger partial charge on any atom is 0.246 e. The summed E-state index contributed by atoms with van der Waals surface area (Å²) in [6, 6.07) is 3.82. The minimum atomic E-state index is -0.408. The van der Waals surface area contributed by atoms with E-state index in [0.29, 0.717) is 25.3 Å². The Labute approximate surface area is 113 Å². The zero-order valence-electron chi connectivity index (χ0n) is 10.1. The molecule has 1 unspecified atom stereocenters. The summed E-state index contributed by atoms with van der Waals surface area (Å²) in [7, 11) is 0. The normalized spacial score (nSPS) is 19.0. The third kappa shape index (κ3) is 2.64. The molecule has 1 aliphatic heterocycles. The molecule has 2 aromatic rings. The van der Waals surface area contributed by atoms with Crippen LogP contribution in [0.25, 0.3) is 10.7 Å². The van der Waals surface area contributed by atoms with Crippen molar-refractivity contribution in [3.05, 3.63) is 17.5 Å². The Kier molecular flexibility index (Phi) is 3.26. The number of thiophene rings is 1. The van der Waals surface area contributed by atoms with Crippen molar-refractivity contribution in [1.29, 1.82) is 0 Å². The molecule has 0 spiro atoms. The highest BCUT2D eigenvalue weighted by Crippen LogP contribution is 2.19. The monoisotopic (exact) mass is 279 g/mol. The van der Waals surface area contributed by atoms with Crippen LogP contribution < -0.4 is 0 Å². The molecule has 3 heterocycles. The fourth-order valence-corrected chi connectivity index (χ4v) is 2.65. The largest absolute Gasteiger partial charge is 0.391 e. The molecule has 3 rings (SSSR count). The number of carbonyl (C=O) groups excluding carboxylic acids is 1. The number of hydrogen-bond donors (Lipinski definition) is 1. The number of amides is 1. The van der Waals surface area contributed by atoms with Gasteiger partial charge in [-0.05, 0) is 23.1 Å². The third-order valence-corrected chi connectivity index (χ3v) is 3.85. The summed E-state index contributed by atoms with van der Waals surface area (Å²) in [4.78, 5) is 15.8. The molecule has 1 aliphatic rings. The van der Waals surface area contributed by atoms with E-state index in [1.165, 1.54) is 16.1 Å². The lowest BCUT2D eigenvalue weighted by Crippen LogP contribution is -2.33. The second kappa shape index (κ2) is 5.06. The van der Waals surface area contributed by atoms with Gasteiger partial charge in [-0.25, -0.2) is 0 Å². The molecule has 0 bridgehead atoms. The molecule has 8 heteroatoms. The van der Waals surface area contributed by atoms with Crippen LogP contribution in [0.1, 0.15) is 6.42 Å². The lowest BCUT2D eigenvalue weighted by atomic mass is 10.3. The van der Waals surface area contributed by atoms with Gasteiger partial charge in [0.05, 0.1) is 11.0 Å². The van der Waals surface area contributed by atoms with Crippen molar-refractivity contribution in [1.82, 2.24) is 25.1 Å². The Balaban J connectivity index is 1.66. The smallest absolute Gasteiger partial charge is 0.246 e. The molecule has 2 aromatic heterocycles. The number of likely N-dealkylation sites (tertiary alicyclic amines) is 1. The van der Waals surface area contributed by atoms with E-state index >= 15 is 0 Å². The van der Waals surface area contributed by atoms with E-state index < -0.39 is 6.10 Å². The van der Waals surface area contributed by atoms with Crippen molar-refractivity contribution in [3.8, 4) is 10.7 Å². The first-order valence-electron chi connectivity index (χ1n) is 6.00. The Bertz CT molecular complexity index is 567. The van der Waals surface area contributed by atoms with Crippen LogP contribution in [0.15, 0.2) is 17.5 Å². The number of aromatic nitrogens is 4. The SMILES string of the molecule is O=C(Cn1nnc(-c2cccs2)n1)N1CCC(O)C1. The summed E-state index contributed by atoms with van der Waals surface area (Å²) < 4.78 is 0. The Hall–Kier alpha value is -1.80. The van der Waals surface area contributed by atoms with Crippen LogP contribution in [0.3, 0.4) is 0 Å². The molecule has 0 aliphatic carbocycles. The molecule has 7 nitrogen and oxygen atoms in total. The van der Waals surface area contributed by atoms with Crippen molar-refractivity contribution in [3.63, 3.8) is 0 Å². The van der Waals surface area contributed by atoms with E-state index in [1.54, 1.807) is 4.90 Å². The van der Waals surface area contributed by atoms with Crippen LogP contribution in [0, 0.1) is 0 Å². The number of aliphatic hydroxyl groups is 1. The van der Waals surface area contributed by atoms with Gasteiger partial charge < -0.3 is 10.0 Å². The van der Waals surface area contributed by atoms with Crippen molar-refractivity contribution in [2.24, 2.45) is 0 Å². The lowest BCUT2D eigenvalue weighted by Gasteiger charge is -2.14. The molecule has 1 N–H and O–H groups in total. The molecule has 1 fully saturated rings. The zero-order valence-corrected chi connectivity index (χ0v) is 11.0. The number of rotatable bonds is 3. The van der Waals surface area contributed by atoms with Gasteiger partial charge in [-0.3, -0.25) is 4.79 Å². The summed E-state index contributed by atoms with van der Waals surface area (Å²) in [5.74, 6) is 0.441. The van der Waals surface area contributed by atoms with Gasteiger partial charge in [-0.1, -0.05) is 6.07 Å². The Morgan fingerprint density at radius 3 is 3.16 bits per heavy atom. The van der Waals surface area contributed by atoms with E-state index in [1.807, 2.05) is 17.5 Å². The van der Waals surface area contributed by atoms with Gasteiger partial charge in [0.1, 0.15) is 6.54 Å². The minimum absolute atomic E-state index is 0.0606. The molecular weight excluding hydrogens is 266 g/mol. The average Bonchev–Trinajstić information content (AvgIpc) is 3.07. The van der Waals surface area contributed by atoms with Crippen molar-refractivity contribution < 1.29 is 9.90 Å². The second-order valence-corrected chi connectivity index (χ2v) is 5.35. The van der Waals surface area contributed by atoms with E-state index in [2.05, 4.69) is 15.4 Å². The highest BCUT2D eigenvalue weighted by molar-refractivity contribution is 7.13. The van der Waals surface area contributed by atoms with Crippen LogP contribution in [-0.2, 0) is 11.3 Å². The quantitative estimate of drug-likeness (QED) is 0.854. The van der Waals surface area contributed by atoms with Crippen molar-refractivity contribution in [2.45, 2.75) is 19.1 Å². The first-order valence-corrected chi connectivity index (χ1v) is 6.88. The van der Waals surface area contributed by atoms with E-state index in [0.717, 1.165) is 4.88 Å². The molecule has 100 valence electrons. The molecular formula is C11H13N5O2S. The average molecular weight is 279 g/mol. The highest BCUT2D eigenvalue weighted by Gasteiger charge is 2.25. The molecule has 0 saturated carbocycles. The summed E-state index contributed by atoms with van der Waals surface area (Å²) in [5.41, 5.74) is 0. The predicted molar refractivity (Wildman–Crippen MR) is 68.3 cm³/mol. The number of β-amino-alcohol motifs (C(OH)–C–C–N with tert-alkyl or cyclic N) is 1. The van der Waals surface area contributed by atoms with Crippen LogP contribution in [0.4, 0.5) is 0 Å². The molecule has 1 atom stereocenters. The molecule has 0 aromatic carbocycles. The summed E-state index contributed by atoms with van der Waals surface area (Å²) >= 11 is 1.53. The number of carbonyl (C=O) groups is 1. The third-order valence-electron chi connectivity index (χ3n) is 2.99. The maximum atomic E-state index is 11.9. The molecule has 1 amide bonds. The first kappa shape index (κ1) is 12.2. The number of aliphatic hydroxyl groups excluding tert-OH is 1. The van der Waals surface area contributed by atoms with Gasteiger partial charge in [-0.2, -0.15) is 4.80 Å². The number of nitrogens with zero attached hydrogens (tertiary/aromatic N) is 5. The van der Waals surface area contributed by atoms with Gasteiger partial charge >= 0.3 is 0 Å². The van der Waals surface area contributed by atoms with E-state index in [-0.39, 0.29) is 12.5 Å². The van der Waals surface area contributed by atoms with Crippen LogP contribution >= 0.6 is 11.3 Å². The Morgan fingerprint density at radius 1 is 1.58 bits per heavy atom. The number of tetrazole rings is 1. The fourth-order valence-electron chi connectivity index (χ4n) is 2.00. The van der Waals surface area contributed by atoms with Crippen molar-refractivity contribution >= 4 is 17.2 Å². The molecule has 0 radical (unpaired) electrons. The van der Waals surface area contributed by atoms with E-state index in [9.17, 15) is 9.90 Å². The summed E-state index contributed by atoms with van der Waals surface area (Å²) in [5, 5.41) is 23.3. The van der Waals surface area contributed by atoms with Crippen LogP contribution in [-0.4, -0.2) is 55.3 Å². The number of hydrogen-bond acceptors (Lipinski definition) is 6. The summed E-state index contributed by atoms with van der Waals surface area (Å²) in [6.07, 6.45) is 0.228. The standard InChI is InChI=1S/C11H13N5O2S/c17-8-3-4-15(6-8)10(18)7-16-13-11(12-14-16)9-2-1-5-19-9/h1-2,5,8,17H,3-4,6-7H2. The van der Waals surface area contributed by atoms with Gasteiger partial charge in [0.25, 0.3) is 0 Å². The summed E-state index contributed by atoms with van der Waals surface area (Å²) in [6.45, 7) is 1.04. The van der Waals surface area contributed by atoms with Gasteiger partial charge in [0.2, 0.25) is 11.7 Å². The van der Waals surface area contributed by atoms with Crippen molar-refractivity contribution in [2.75, 3.05) is 13.1 Å². The zero-order chi connectivity index (χ0) is 13.2. The predicted octanol–water partition coefficient (Wildman–Crippen LogP) is -0.00520.